The summed E-state index contributed by atoms with van der Waals surface area (Å²) in [4.78, 5) is 20.8. The molecule has 0 fully saturated rings. The van der Waals surface area contributed by atoms with Gasteiger partial charge < -0.3 is 15.2 Å². The van der Waals surface area contributed by atoms with E-state index in [-0.39, 0.29) is 51.3 Å². The van der Waals surface area contributed by atoms with E-state index in [2.05, 4.69) is 20.4 Å². The Kier molecular flexibility index (Phi) is 8.07. The normalized spacial score (nSPS) is 20.1. The van der Waals surface area contributed by atoms with Crippen LogP contribution in [0.1, 0.15) is 37.5 Å². The highest BCUT2D eigenvalue weighted by atomic mass is 35.5. The van der Waals surface area contributed by atoms with Crippen molar-refractivity contribution in [1.29, 1.82) is 0 Å². The molecule has 2 bridgehead atoms. The van der Waals surface area contributed by atoms with Gasteiger partial charge in [-0.1, -0.05) is 11.6 Å². The predicted octanol–water partition coefficient (Wildman–Crippen LogP) is 3.62. The Hall–Kier alpha value is -3.73. The number of aliphatic imine (C=N–C) groups is 1. The Balaban J connectivity index is 2.15. The summed E-state index contributed by atoms with van der Waals surface area (Å²) in [6, 6.07) is 5.41. The quantitative estimate of drug-likeness (QED) is 0.375. The topological polar surface area (TPSA) is 117 Å². The SMILES string of the molecule is [B]C1([B])/C(C=NC)=C(/N)c2ccc(F)cc2[C@@]([B])(C)Oc2cc(cnc2NC(=O)OCC)-c2c1c(Cl)nn2CC. The third-order valence-corrected chi connectivity index (χ3v) is 6.63. The van der Waals surface area contributed by atoms with Crippen LogP contribution in [0.5, 0.6) is 5.75 Å². The number of nitrogens with one attached hydrogen (secondary N) is 1. The third-order valence-electron chi connectivity index (χ3n) is 6.37. The molecule has 2 aromatic heterocycles. The number of aryl methyl sites for hydroxylation is 1. The molecule has 6 radical (unpaired) electrons. The molecule has 0 spiro atoms. The summed E-state index contributed by atoms with van der Waals surface area (Å²) < 4.78 is 27.4. The van der Waals surface area contributed by atoms with E-state index in [1.165, 1.54) is 44.6 Å². The molecule has 1 amide bonds. The van der Waals surface area contributed by atoms with Gasteiger partial charge in [-0.05, 0) is 61.4 Å². The van der Waals surface area contributed by atoms with E-state index < -0.39 is 22.6 Å². The lowest BCUT2D eigenvalue weighted by molar-refractivity contribution is 0.165. The largest absolute Gasteiger partial charge is 0.489 e. The van der Waals surface area contributed by atoms with E-state index >= 15 is 0 Å². The van der Waals surface area contributed by atoms with Crippen LogP contribution >= 0.6 is 11.6 Å². The lowest BCUT2D eigenvalue weighted by Crippen LogP contribution is -2.36. The standard InChI is InChI=1S/C26H25B3ClFN6O3/c1-5-37-21-13-9-18(23(34-11-13)35-24(38)39-6-2)40-25(3,27)16-10-14(31)7-8-15(16)20(32)17(12-33-4)26(28,29)19(21)22(30)36-37/h7-12H,5-6,32H2,1-4H3,(H,34,35,38)/b20-17+,33-12?/t25-/m1/s1. The maximum absolute atomic E-state index is 14.6. The minimum Gasteiger partial charge on any atom is -0.489 e. The zero-order chi connectivity index (χ0) is 29.4. The fraction of sp³-hybridized carbons (Fsp3) is 0.308. The number of carbonyl (C=O) groups is 1. The summed E-state index contributed by atoms with van der Waals surface area (Å²) in [5, 5.41) is 5.15. The van der Waals surface area contributed by atoms with E-state index in [0.29, 0.717) is 17.8 Å². The highest BCUT2D eigenvalue weighted by Gasteiger charge is 2.37. The number of pyridine rings is 1. The van der Waals surface area contributed by atoms with Gasteiger partial charge in [-0.15, -0.1) is 0 Å². The monoisotopic (exact) mass is 556 g/mol. The van der Waals surface area contributed by atoms with E-state index in [1.54, 1.807) is 17.7 Å². The number of carbonyl (C=O) groups excluding carboxylic acids is 1. The van der Waals surface area contributed by atoms with E-state index in [4.69, 9.17) is 50.3 Å². The first-order valence-electron chi connectivity index (χ1n) is 12.3. The molecule has 3 heterocycles. The maximum Gasteiger partial charge on any atom is 0.412 e. The lowest BCUT2D eigenvalue weighted by Gasteiger charge is -2.34. The van der Waals surface area contributed by atoms with Gasteiger partial charge in [-0.2, -0.15) is 5.10 Å². The number of halogens is 2. The summed E-state index contributed by atoms with van der Waals surface area (Å²) in [5.41, 5.74) is 6.74. The molecule has 0 unspecified atom stereocenters. The first-order chi connectivity index (χ1) is 18.8. The lowest BCUT2D eigenvalue weighted by atomic mass is 9.47. The van der Waals surface area contributed by atoms with Gasteiger partial charge in [0.05, 0.1) is 33.5 Å². The van der Waals surface area contributed by atoms with E-state index in [0.717, 1.165) is 0 Å². The van der Waals surface area contributed by atoms with Crippen molar-refractivity contribution in [2.45, 2.75) is 38.0 Å². The summed E-state index contributed by atoms with van der Waals surface area (Å²) in [7, 11) is 21.8. The first kappa shape index (κ1) is 29.3. The molecule has 1 aromatic carbocycles. The Morgan fingerprint density at radius 1 is 1.32 bits per heavy atom. The number of rotatable bonds is 4. The number of anilines is 1. The van der Waals surface area contributed by atoms with Crippen molar-refractivity contribution in [1.82, 2.24) is 14.8 Å². The van der Waals surface area contributed by atoms with Gasteiger partial charge in [0.15, 0.2) is 16.7 Å². The molecule has 40 heavy (non-hydrogen) atoms. The fourth-order valence-electron chi connectivity index (χ4n) is 4.58. The third kappa shape index (κ3) is 5.22. The molecule has 1 aliphatic rings. The maximum atomic E-state index is 14.6. The molecule has 3 N–H and O–H groups in total. The Morgan fingerprint density at radius 3 is 2.70 bits per heavy atom. The second kappa shape index (κ2) is 11.0. The molecular weight excluding hydrogens is 531 g/mol. The van der Waals surface area contributed by atoms with Gasteiger partial charge in [-0.3, -0.25) is 15.0 Å². The van der Waals surface area contributed by atoms with Gasteiger partial charge in [0.25, 0.3) is 0 Å². The number of nitrogens with zero attached hydrogens (tertiary/aromatic N) is 4. The Morgan fingerprint density at radius 2 is 2.05 bits per heavy atom. The van der Waals surface area contributed by atoms with Crippen LogP contribution in [0.25, 0.3) is 17.0 Å². The van der Waals surface area contributed by atoms with Crippen LogP contribution in [-0.4, -0.2) is 64.3 Å². The fourth-order valence-corrected chi connectivity index (χ4v) is 4.92. The van der Waals surface area contributed by atoms with Crippen molar-refractivity contribution in [3.8, 4) is 17.0 Å². The average molecular weight is 556 g/mol. The number of hydrogen-bond donors (Lipinski definition) is 2. The number of amides is 1. The van der Waals surface area contributed by atoms with Crippen LogP contribution in [-0.2, 0) is 22.0 Å². The number of hydrogen-bond acceptors (Lipinski definition) is 7. The number of ether oxygens (including phenoxy) is 2. The molecule has 1 aliphatic heterocycles. The summed E-state index contributed by atoms with van der Waals surface area (Å²) in [6.45, 7) is 5.54. The molecule has 4 rings (SSSR count). The molecule has 9 nitrogen and oxygen atoms in total. The van der Waals surface area contributed by atoms with Crippen molar-refractivity contribution >= 4 is 59.0 Å². The van der Waals surface area contributed by atoms with Crippen molar-refractivity contribution in [3.05, 3.63) is 63.7 Å². The van der Waals surface area contributed by atoms with Gasteiger partial charge in [-0.25, -0.2) is 14.2 Å². The van der Waals surface area contributed by atoms with Gasteiger partial charge in [0, 0.05) is 48.4 Å². The molecule has 0 aliphatic carbocycles. The predicted molar refractivity (Wildman–Crippen MR) is 156 cm³/mol. The van der Waals surface area contributed by atoms with Gasteiger partial charge in [0.2, 0.25) is 0 Å². The zero-order valence-corrected chi connectivity index (χ0v) is 23.2. The van der Waals surface area contributed by atoms with Crippen molar-refractivity contribution in [3.63, 3.8) is 0 Å². The van der Waals surface area contributed by atoms with Crippen LogP contribution in [0.2, 0.25) is 5.15 Å². The Labute approximate surface area is 240 Å². The second-order valence-electron chi connectivity index (χ2n) is 9.23. The van der Waals surface area contributed by atoms with Crippen LogP contribution in [0.3, 0.4) is 0 Å². The minimum atomic E-state index is -1.85. The van der Waals surface area contributed by atoms with Crippen LogP contribution in [0.15, 0.2) is 41.0 Å². The van der Waals surface area contributed by atoms with Crippen molar-refractivity contribution < 1.29 is 18.7 Å². The van der Waals surface area contributed by atoms with Gasteiger partial charge >= 0.3 is 6.09 Å². The van der Waals surface area contributed by atoms with Crippen LogP contribution in [0.4, 0.5) is 15.0 Å². The molecule has 1 atom stereocenters. The highest BCUT2D eigenvalue weighted by molar-refractivity contribution is 6.47. The molecule has 0 saturated heterocycles. The molecule has 0 saturated carbocycles. The highest BCUT2D eigenvalue weighted by Crippen LogP contribution is 2.44. The minimum absolute atomic E-state index is 0.00169. The summed E-state index contributed by atoms with van der Waals surface area (Å²) >= 11 is 6.65. The van der Waals surface area contributed by atoms with E-state index in [9.17, 15) is 9.18 Å². The second-order valence-corrected chi connectivity index (χ2v) is 9.59. The summed E-state index contributed by atoms with van der Waals surface area (Å²) in [5.74, 6) is -0.560. The molecule has 200 valence electrons. The van der Waals surface area contributed by atoms with Gasteiger partial charge in [0.1, 0.15) is 13.7 Å². The number of fused-ring (bicyclic) bond motifs is 5. The first-order valence-corrected chi connectivity index (χ1v) is 12.7. The zero-order valence-electron chi connectivity index (χ0n) is 22.5. The smallest absolute Gasteiger partial charge is 0.412 e. The number of allylic oxidation sites excluding steroid dienone is 1. The number of nitrogens with two attached hydrogens (primary N) is 1. The molecular formula is C26H25B3ClFN6O3. The van der Waals surface area contributed by atoms with Crippen LogP contribution in [0, 0.1) is 5.82 Å². The van der Waals surface area contributed by atoms with Crippen LogP contribution < -0.4 is 15.8 Å². The molecule has 14 heteroatoms. The molecule has 3 aromatic rings. The summed E-state index contributed by atoms with van der Waals surface area (Å²) in [6.07, 6.45) is 2.10. The van der Waals surface area contributed by atoms with Crippen molar-refractivity contribution in [2.75, 3.05) is 19.0 Å². The van der Waals surface area contributed by atoms with E-state index in [1.807, 2.05) is 6.92 Å². The Bertz CT molecular complexity index is 1540. The van der Waals surface area contributed by atoms with Crippen molar-refractivity contribution in [2.24, 2.45) is 10.7 Å². The number of benzene rings is 1. The average Bonchev–Trinajstić information content (AvgIpc) is 3.24. The number of aromatic nitrogens is 3.